The zero-order chi connectivity index (χ0) is 20.1. The fourth-order valence-corrected chi connectivity index (χ4v) is 3.60. The molecule has 0 aliphatic carbocycles. The quantitative estimate of drug-likeness (QED) is 0.450. The fraction of sp³-hybridized carbons (Fsp3) is 0.389. The Morgan fingerprint density at radius 1 is 1.43 bits per heavy atom. The van der Waals surface area contributed by atoms with Gasteiger partial charge in [-0.05, 0) is 13.8 Å². The predicted octanol–water partition coefficient (Wildman–Crippen LogP) is 2.28. The molecular weight excluding hydrogens is 382 g/mol. The SMILES string of the molecule is C/C(=N/NC(=O)Cc1csc(N2CCOCC2)n1)c1ccc(C)c([N+](=O)[O-])c1. The van der Waals surface area contributed by atoms with Gasteiger partial charge in [-0.25, -0.2) is 10.4 Å². The number of hydrogen-bond acceptors (Lipinski definition) is 8. The highest BCUT2D eigenvalue weighted by molar-refractivity contribution is 7.13. The van der Waals surface area contributed by atoms with E-state index in [1.807, 2.05) is 5.38 Å². The number of nitro groups is 1. The molecule has 28 heavy (non-hydrogen) atoms. The molecule has 1 aliphatic rings. The molecule has 10 heteroatoms. The first-order valence-corrected chi connectivity index (χ1v) is 9.67. The van der Waals surface area contributed by atoms with E-state index in [1.54, 1.807) is 26.0 Å². The van der Waals surface area contributed by atoms with Gasteiger partial charge in [-0.15, -0.1) is 11.3 Å². The van der Waals surface area contributed by atoms with Gasteiger partial charge >= 0.3 is 0 Å². The average Bonchev–Trinajstić information content (AvgIpc) is 3.15. The number of carbonyl (C=O) groups excluding carboxylic acids is 1. The van der Waals surface area contributed by atoms with Crippen LogP contribution in [0.4, 0.5) is 10.8 Å². The summed E-state index contributed by atoms with van der Waals surface area (Å²) in [6, 6.07) is 4.86. The average molecular weight is 403 g/mol. The third-order valence-corrected chi connectivity index (χ3v) is 5.29. The summed E-state index contributed by atoms with van der Waals surface area (Å²) < 4.78 is 5.33. The van der Waals surface area contributed by atoms with Crippen LogP contribution in [0.3, 0.4) is 0 Å². The third-order valence-electron chi connectivity index (χ3n) is 4.33. The Hall–Kier alpha value is -2.85. The highest BCUT2D eigenvalue weighted by Crippen LogP contribution is 2.22. The zero-order valence-electron chi connectivity index (χ0n) is 15.7. The Balaban J connectivity index is 1.60. The van der Waals surface area contributed by atoms with Crippen molar-refractivity contribution in [1.29, 1.82) is 0 Å². The van der Waals surface area contributed by atoms with Crippen LogP contribution < -0.4 is 10.3 Å². The molecule has 148 valence electrons. The van der Waals surface area contributed by atoms with Crippen molar-refractivity contribution in [1.82, 2.24) is 10.4 Å². The van der Waals surface area contributed by atoms with Gasteiger partial charge in [0.1, 0.15) is 0 Å². The van der Waals surface area contributed by atoms with Crippen molar-refractivity contribution in [3.05, 3.63) is 50.5 Å². The number of ether oxygens (including phenoxy) is 1. The van der Waals surface area contributed by atoms with Crippen molar-refractivity contribution in [3.8, 4) is 0 Å². The number of carbonyl (C=O) groups is 1. The lowest BCUT2D eigenvalue weighted by Crippen LogP contribution is -2.36. The lowest BCUT2D eigenvalue weighted by atomic mass is 10.1. The molecule has 1 fully saturated rings. The van der Waals surface area contributed by atoms with Crippen LogP contribution in [0, 0.1) is 17.0 Å². The van der Waals surface area contributed by atoms with Crippen molar-refractivity contribution in [3.63, 3.8) is 0 Å². The number of benzene rings is 1. The summed E-state index contributed by atoms with van der Waals surface area (Å²) in [5.41, 5.74) is 4.85. The number of nitro benzene ring substituents is 1. The van der Waals surface area contributed by atoms with Gasteiger partial charge in [0.05, 0.1) is 36.0 Å². The van der Waals surface area contributed by atoms with E-state index in [0.717, 1.165) is 18.2 Å². The van der Waals surface area contributed by atoms with E-state index in [1.165, 1.54) is 17.4 Å². The Bertz CT molecular complexity index is 905. The number of amides is 1. The molecule has 0 unspecified atom stereocenters. The summed E-state index contributed by atoms with van der Waals surface area (Å²) in [6.07, 6.45) is 0.117. The molecule has 1 saturated heterocycles. The molecule has 2 heterocycles. The van der Waals surface area contributed by atoms with Crippen LogP contribution in [0.15, 0.2) is 28.7 Å². The van der Waals surface area contributed by atoms with Gasteiger partial charge in [0.25, 0.3) is 5.69 Å². The number of aromatic nitrogens is 1. The minimum absolute atomic E-state index is 0.0245. The van der Waals surface area contributed by atoms with E-state index in [-0.39, 0.29) is 18.0 Å². The number of hydrazone groups is 1. The van der Waals surface area contributed by atoms with Crippen molar-refractivity contribution in [2.75, 3.05) is 31.2 Å². The molecule has 3 rings (SSSR count). The Morgan fingerprint density at radius 3 is 2.89 bits per heavy atom. The lowest BCUT2D eigenvalue weighted by molar-refractivity contribution is -0.385. The van der Waals surface area contributed by atoms with Crippen LogP contribution in [0.5, 0.6) is 0 Å². The van der Waals surface area contributed by atoms with Gasteiger partial charge in [-0.2, -0.15) is 5.10 Å². The van der Waals surface area contributed by atoms with Gasteiger partial charge < -0.3 is 9.64 Å². The number of hydrogen-bond donors (Lipinski definition) is 1. The van der Waals surface area contributed by atoms with Gasteiger partial charge in [0, 0.05) is 35.7 Å². The minimum atomic E-state index is -0.432. The Labute approximate surface area is 166 Å². The largest absolute Gasteiger partial charge is 0.378 e. The Kier molecular flexibility index (Phi) is 6.32. The molecule has 0 spiro atoms. The van der Waals surface area contributed by atoms with E-state index in [9.17, 15) is 14.9 Å². The molecule has 1 N–H and O–H groups in total. The molecule has 1 aromatic carbocycles. The minimum Gasteiger partial charge on any atom is -0.378 e. The molecule has 1 aliphatic heterocycles. The Morgan fingerprint density at radius 2 is 2.18 bits per heavy atom. The van der Waals surface area contributed by atoms with Crippen molar-refractivity contribution in [2.45, 2.75) is 20.3 Å². The summed E-state index contributed by atoms with van der Waals surface area (Å²) in [5, 5.41) is 17.9. The number of thiazole rings is 1. The van der Waals surface area contributed by atoms with E-state index in [4.69, 9.17) is 4.74 Å². The van der Waals surface area contributed by atoms with Crippen LogP contribution in [0.2, 0.25) is 0 Å². The molecule has 9 nitrogen and oxygen atoms in total. The highest BCUT2D eigenvalue weighted by Gasteiger charge is 2.16. The second kappa shape index (κ2) is 8.89. The van der Waals surface area contributed by atoms with Crippen LogP contribution in [-0.4, -0.2) is 47.8 Å². The molecule has 1 aromatic heterocycles. The molecule has 2 aromatic rings. The summed E-state index contributed by atoms with van der Waals surface area (Å²) in [5.74, 6) is -0.292. The maximum atomic E-state index is 12.2. The van der Waals surface area contributed by atoms with Crippen molar-refractivity contribution in [2.24, 2.45) is 5.10 Å². The summed E-state index contributed by atoms with van der Waals surface area (Å²) in [4.78, 5) is 29.4. The normalized spacial score (nSPS) is 14.8. The van der Waals surface area contributed by atoms with Crippen LogP contribution in [0.25, 0.3) is 0 Å². The van der Waals surface area contributed by atoms with E-state index in [0.29, 0.717) is 35.7 Å². The number of aryl methyl sites for hydroxylation is 1. The standard InChI is InChI=1S/C18H21N5O4S/c1-12-3-4-14(9-16(12)23(25)26)13(2)20-21-17(24)10-15-11-28-18(19-15)22-5-7-27-8-6-22/h3-4,9,11H,5-8,10H2,1-2H3,(H,21,24)/b20-13-. The van der Waals surface area contributed by atoms with Gasteiger partial charge in [-0.3, -0.25) is 14.9 Å². The van der Waals surface area contributed by atoms with E-state index >= 15 is 0 Å². The van der Waals surface area contributed by atoms with Crippen LogP contribution in [0.1, 0.15) is 23.7 Å². The molecule has 1 amide bonds. The van der Waals surface area contributed by atoms with Gasteiger partial charge in [-0.1, -0.05) is 12.1 Å². The van der Waals surface area contributed by atoms with Crippen LogP contribution in [-0.2, 0) is 16.0 Å². The summed E-state index contributed by atoms with van der Waals surface area (Å²) in [7, 11) is 0. The smallest absolute Gasteiger partial charge is 0.272 e. The first-order chi connectivity index (χ1) is 13.4. The number of anilines is 1. The van der Waals surface area contributed by atoms with Crippen LogP contribution >= 0.6 is 11.3 Å². The maximum absolute atomic E-state index is 12.2. The lowest BCUT2D eigenvalue weighted by Gasteiger charge is -2.26. The van der Waals surface area contributed by atoms with Gasteiger partial charge in [0.15, 0.2) is 5.13 Å². The summed E-state index contributed by atoms with van der Waals surface area (Å²) >= 11 is 1.50. The number of rotatable bonds is 6. The third kappa shape index (κ3) is 4.90. The topological polar surface area (TPSA) is 110 Å². The number of nitrogens with zero attached hydrogens (tertiary/aromatic N) is 4. The van der Waals surface area contributed by atoms with E-state index < -0.39 is 4.92 Å². The molecule has 0 bridgehead atoms. The first kappa shape index (κ1) is 19.9. The first-order valence-electron chi connectivity index (χ1n) is 8.79. The fourth-order valence-electron chi connectivity index (χ4n) is 2.72. The maximum Gasteiger partial charge on any atom is 0.272 e. The monoisotopic (exact) mass is 403 g/mol. The highest BCUT2D eigenvalue weighted by atomic mass is 32.1. The molecular formula is C18H21N5O4S. The molecule has 0 saturated carbocycles. The second-order valence-corrected chi connectivity index (χ2v) is 7.22. The van der Waals surface area contributed by atoms with Crippen molar-refractivity contribution < 1.29 is 14.5 Å². The molecule has 0 radical (unpaired) electrons. The zero-order valence-corrected chi connectivity index (χ0v) is 16.5. The summed E-state index contributed by atoms with van der Waals surface area (Å²) in [6.45, 7) is 6.32. The number of morpholine rings is 1. The molecule has 0 atom stereocenters. The second-order valence-electron chi connectivity index (χ2n) is 6.39. The van der Waals surface area contributed by atoms with Crippen molar-refractivity contribution >= 4 is 33.8 Å². The predicted molar refractivity (Wildman–Crippen MR) is 107 cm³/mol. The van der Waals surface area contributed by atoms with Gasteiger partial charge in [0.2, 0.25) is 5.91 Å². The van der Waals surface area contributed by atoms with E-state index in [2.05, 4.69) is 20.4 Å². The number of nitrogens with one attached hydrogen (secondary N) is 1.